The fourth-order valence-electron chi connectivity index (χ4n) is 3.40. The van der Waals surface area contributed by atoms with E-state index in [0.29, 0.717) is 27.5 Å². The van der Waals surface area contributed by atoms with E-state index in [-0.39, 0.29) is 28.0 Å². The first-order valence-corrected chi connectivity index (χ1v) is 11.4. The summed E-state index contributed by atoms with van der Waals surface area (Å²) in [5.74, 6) is 11.1. The van der Waals surface area contributed by atoms with Crippen LogP contribution in [0, 0.1) is 31.6 Å². The van der Waals surface area contributed by atoms with Crippen LogP contribution in [0.15, 0.2) is 54.7 Å². The van der Waals surface area contributed by atoms with E-state index in [2.05, 4.69) is 22.1 Å². The number of aromatic nitrogens is 1. The Labute approximate surface area is 208 Å². The summed E-state index contributed by atoms with van der Waals surface area (Å²) in [5.41, 5.74) is 3.13. The van der Waals surface area contributed by atoms with E-state index < -0.39 is 11.8 Å². The molecule has 0 spiro atoms. The summed E-state index contributed by atoms with van der Waals surface area (Å²) in [4.78, 5) is 41.9. The number of nitrogens with two attached hydrogens (primary N) is 1. The monoisotopic (exact) mass is 486 g/mol. The number of rotatable bonds is 4. The van der Waals surface area contributed by atoms with E-state index in [0.717, 1.165) is 18.4 Å². The number of carbonyl (C=O) groups is 3. The topological polar surface area (TPSA) is 105 Å². The van der Waals surface area contributed by atoms with Crippen molar-refractivity contribution in [2.24, 2.45) is 11.8 Å². The normalized spacial score (nSPS) is 12.3. The van der Waals surface area contributed by atoms with E-state index >= 15 is 0 Å². The Morgan fingerprint density at radius 2 is 1.80 bits per heavy atom. The zero-order valence-corrected chi connectivity index (χ0v) is 20.0. The summed E-state index contributed by atoms with van der Waals surface area (Å²) in [6.07, 6.45) is 3.42. The van der Waals surface area contributed by atoms with Gasteiger partial charge in [0.15, 0.2) is 0 Å². The Hall–Kier alpha value is -3.99. The van der Waals surface area contributed by atoms with Gasteiger partial charge in [0.2, 0.25) is 5.91 Å². The summed E-state index contributed by atoms with van der Waals surface area (Å²) in [6, 6.07) is 13.4. The molecule has 0 atom stereocenters. The maximum Gasteiger partial charge on any atom is 0.276 e. The molecule has 1 aliphatic carbocycles. The van der Waals surface area contributed by atoms with E-state index in [4.69, 9.17) is 17.4 Å². The van der Waals surface area contributed by atoms with Gasteiger partial charge in [-0.1, -0.05) is 41.6 Å². The third-order valence-corrected chi connectivity index (χ3v) is 5.98. The number of amides is 3. The molecule has 3 N–H and O–H groups in total. The van der Waals surface area contributed by atoms with Crippen LogP contribution in [0.25, 0.3) is 0 Å². The number of nitrogens with one attached hydrogen (secondary N) is 1. The number of nitrogens with zero attached hydrogens (tertiary/aromatic N) is 2. The molecule has 0 unspecified atom stereocenters. The van der Waals surface area contributed by atoms with Gasteiger partial charge in [-0.15, -0.1) is 0 Å². The lowest BCUT2D eigenvalue weighted by atomic mass is 10.0. The van der Waals surface area contributed by atoms with Crippen molar-refractivity contribution in [2.45, 2.75) is 26.7 Å². The van der Waals surface area contributed by atoms with Gasteiger partial charge in [-0.2, -0.15) is 0 Å². The van der Waals surface area contributed by atoms with E-state index in [9.17, 15) is 14.4 Å². The minimum Gasteiger partial charge on any atom is -0.310 e. The van der Waals surface area contributed by atoms with Crippen LogP contribution in [0.1, 0.15) is 55.8 Å². The lowest BCUT2D eigenvalue weighted by molar-refractivity contribution is -0.117. The van der Waals surface area contributed by atoms with Crippen LogP contribution < -0.4 is 11.2 Å². The first-order chi connectivity index (χ1) is 16.7. The molecule has 1 fully saturated rings. The highest BCUT2D eigenvalue weighted by molar-refractivity contribution is 6.34. The van der Waals surface area contributed by atoms with Crippen LogP contribution >= 0.6 is 11.6 Å². The van der Waals surface area contributed by atoms with Crippen LogP contribution in [0.3, 0.4) is 0 Å². The van der Waals surface area contributed by atoms with E-state index in [1.165, 1.54) is 0 Å². The number of hydrogen-bond donors (Lipinski definition) is 2. The number of halogens is 1. The van der Waals surface area contributed by atoms with Gasteiger partial charge in [-0.25, -0.2) is 15.8 Å². The third kappa shape index (κ3) is 5.57. The van der Waals surface area contributed by atoms with Gasteiger partial charge in [0.05, 0.1) is 10.6 Å². The molecule has 1 aliphatic rings. The average Bonchev–Trinajstić information content (AvgIpc) is 3.69. The van der Waals surface area contributed by atoms with Crippen molar-refractivity contribution in [3.8, 4) is 11.8 Å². The molecule has 1 aromatic heterocycles. The number of aryl methyl sites for hydroxylation is 2. The second-order valence-corrected chi connectivity index (χ2v) is 8.79. The van der Waals surface area contributed by atoms with Gasteiger partial charge < -0.3 is 5.32 Å². The number of imide groups is 1. The Kier molecular flexibility index (Phi) is 6.97. The van der Waals surface area contributed by atoms with E-state index in [1.807, 2.05) is 6.92 Å². The van der Waals surface area contributed by atoms with Gasteiger partial charge in [0.1, 0.15) is 5.82 Å². The molecule has 8 heteroatoms. The molecule has 0 radical (unpaired) electrons. The highest BCUT2D eigenvalue weighted by atomic mass is 35.5. The van der Waals surface area contributed by atoms with Crippen LogP contribution in [0.4, 0.5) is 5.82 Å². The number of anilines is 1. The standard InChI is InChI=1S/C27H23ClN4O3/c1-16-6-9-21(26(34)32(29)27(35)24-17(2)4-3-5-22(24)28)14-20(16)10-7-18-8-13-23(30-15-18)31-25(33)19-11-12-19/h3-6,8-9,13-15,19H,11-12,29H2,1-2H3,(H,30,31,33). The summed E-state index contributed by atoms with van der Waals surface area (Å²) in [6.45, 7) is 3.59. The SMILES string of the molecule is Cc1ccc(C(=O)N(N)C(=O)c2c(C)cccc2Cl)cc1C#Cc1ccc(NC(=O)C2CC2)nc1. The summed E-state index contributed by atoms with van der Waals surface area (Å²) < 4.78 is 0. The average molecular weight is 487 g/mol. The first-order valence-electron chi connectivity index (χ1n) is 11.0. The zero-order chi connectivity index (χ0) is 25.1. The first kappa shape index (κ1) is 24.1. The lowest BCUT2D eigenvalue weighted by Crippen LogP contribution is -2.43. The molecule has 7 nitrogen and oxygen atoms in total. The second kappa shape index (κ2) is 10.1. The van der Waals surface area contributed by atoms with Gasteiger partial charge in [-0.05, 0) is 68.1 Å². The molecular weight excluding hydrogens is 464 g/mol. The molecule has 35 heavy (non-hydrogen) atoms. The van der Waals surface area contributed by atoms with Crippen LogP contribution in [-0.2, 0) is 4.79 Å². The van der Waals surface area contributed by atoms with Crippen molar-refractivity contribution in [1.82, 2.24) is 9.99 Å². The number of pyridine rings is 1. The Balaban J connectivity index is 1.51. The van der Waals surface area contributed by atoms with Crippen molar-refractivity contribution < 1.29 is 14.4 Å². The highest BCUT2D eigenvalue weighted by Gasteiger charge is 2.29. The van der Waals surface area contributed by atoms with Crippen molar-refractivity contribution in [3.05, 3.63) is 93.1 Å². The summed E-state index contributed by atoms with van der Waals surface area (Å²) in [7, 11) is 0. The number of hydrogen-bond acceptors (Lipinski definition) is 5. The molecule has 1 heterocycles. The minimum atomic E-state index is -0.689. The third-order valence-electron chi connectivity index (χ3n) is 5.66. The maximum absolute atomic E-state index is 12.9. The maximum atomic E-state index is 12.9. The molecular formula is C27H23ClN4O3. The predicted octanol–water partition coefficient (Wildman–Crippen LogP) is 4.26. The second-order valence-electron chi connectivity index (χ2n) is 8.39. The van der Waals surface area contributed by atoms with Crippen molar-refractivity contribution in [3.63, 3.8) is 0 Å². The molecule has 3 aromatic rings. The fourth-order valence-corrected chi connectivity index (χ4v) is 3.70. The predicted molar refractivity (Wildman–Crippen MR) is 134 cm³/mol. The fraction of sp³-hybridized carbons (Fsp3) is 0.185. The van der Waals surface area contributed by atoms with Gasteiger partial charge >= 0.3 is 0 Å². The van der Waals surface area contributed by atoms with E-state index in [1.54, 1.807) is 61.7 Å². The van der Waals surface area contributed by atoms with Gasteiger partial charge in [0.25, 0.3) is 11.8 Å². The molecule has 2 aromatic carbocycles. The lowest BCUT2D eigenvalue weighted by Gasteiger charge is -2.17. The van der Waals surface area contributed by atoms with Crippen LogP contribution in [-0.4, -0.2) is 27.7 Å². The molecule has 3 amide bonds. The molecule has 0 aliphatic heterocycles. The molecule has 176 valence electrons. The Morgan fingerprint density at radius 3 is 2.46 bits per heavy atom. The molecule has 0 bridgehead atoms. The summed E-state index contributed by atoms with van der Waals surface area (Å²) >= 11 is 6.16. The quantitative estimate of drug-likeness (QED) is 0.188. The molecule has 1 saturated carbocycles. The smallest absolute Gasteiger partial charge is 0.276 e. The highest BCUT2D eigenvalue weighted by Crippen LogP contribution is 2.29. The number of carbonyl (C=O) groups excluding carboxylic acids is 3. The Bertz CT molecular complexity index is 1370. The summed E-state index contributed by atoms with van der Waals surface area (Å²) in [5, 5.41) is 3.57. The van der Waals surface area contributed by atoms with Gasteiger partial charge in [-0.3, -0.25) is 14.4 Å². The molecule has 0 saturated heterocycles. The van der Waals surface area contributed by atoms with Crippen molar-refractivity contribution >= 4 is 35.1 Å². The van der Waals surface area contributed by atoms with Gasteiger partial charge in [0, 0.05) is 28.8 Å². The Morgan fingerprint density at radius 1 is 1.03 bits per heavy atom. The molecule has 4 rings (SSSR count). The minimum absolute atomic E-state index is 0.00873. The zero-order valence-electron chi connectivity index (χ0n) is 19.3. The van der Waals surface area contributed by atoms with Crippen molar-refractivity contribution in [1.29, 1.82) is 0 Å². The van der Waals surface area contributed by atoms with Crippen LogP contribution in [0.2, 0.25) is 5.02 Å². The number of hydrazine groups is 1. The number of benzene rings is 2. The largest absolute Gasteiger partial charge is 0.310 e. The van der Waals surface area contributed by atoms with Crippen molar-refractivity contribution in [2.75, 3.05) is 5.32 Å². The van der Waals surface area contributed by atoms with Crippen LogP contribution in [0.5, 0.6) is 0 Å².